The number of anilines is 3. The minimum atomic E-state index is 0.848. The minimum Gasteiger partial charge on any atom is -0.456 e. The van der Waals surface area contributed by atoms with Crippen LogP contribution in [0.25, 0.3) is 88.0 Å². The third-order valence-electron chi connectivity index (χ3n) is 10.9. The van der Waals surface area contributed by atoms with E-state index < -0.39 is 0 Å². The molecule has 0 unspecified atom stereocenters. The molecule has 9 aromatic carbocycles. The van der Waals surface area contributed by atoms with E-state index in [-0.39, 0.29) is 0 Å². The summed E-state index contributed by atoms with van der Waals surface area (Å²) in [7, 11) is 0. The van der Waals surface area contributed by atoms with Crippen molar-refractivity contribution in [1.29, 1.82) is 0 Å². The Morgan fingerprint density at radius 1 is 0.327 bits per heavy atom. The summed E-state index contributed by atoms with van der Waals surface area (Å²) in [6.45, 7) is 0. The lowest BCUT2D eigenvalue weighted by molar-refractivity contribution is 0.669. The molecule has 3 heteroatoms. The first-order valence-corrected chi connectivity index (χ1v) is 18.7. The lowest BCUT2D eigenvalue weighted by atomic mass is 9.90. The van der Waals surface area contributed by atoms with Crippen LogP contribution in [0.5, 0.6) is 0 Å². The van der Waals surface area contributed by atoms with Crippen LogP contribution in [0.15, 0.2) is 209 Å². The zero-order valence-electron chi connectivity index (χ0n) is 29.8. The van der Waals surface area contributed by atoms with Crippen molar-refractivity contribution >= 4 is 71.7 Å². The maximum absolute atomic E-state index is 6.52. The molecule has 11 aromatic rings. The molecule has 0 radical (unpaired) electrons. The fourth-order valence-corrected chi connectivity index (χ4v) is 8.39. The van der Waals surface area contributed by atoms with Gasteiger partial charge in [-0.25, -0.2) is 0 Å². The summed E-state index contributed by atoms with van der Waals surface area (Å²) in [5, 5.41) is 6.86. The number of para-hydroxylation sites is 4. The molecule has 0 bridgehead atoms. The van der Waals surface area contributed by atoms with Crippen LogP contribution in [0.1, 0.15) is 0 Å². The van der Waals surface area contributed by atoms with E-state index in [2.05, 4.69) is 181 Å². The van der Waals surface area contributed by atoms with Gasteiger partial charge in [0.1, 0.15) is 22.3 Å². The molecule has 0 N–H and O–H groups in total. The summed E-state index contributed by atoms with van der Waals surface area (Å²) in [6, 6.07) is 71.0. The average Bonchev–Trinajstić information content (AvgIpc) is 3.82. The molecular formula is C52H33NO2. The SMILES string of the molecule is c1ccc(-c2cccc3cccc(-c4ccccc4N(c4cccc(-c5cccc6c5oc5ccccc56)c4)c4ccc5c(c4)oc4ccccc45)c23)cc1. The summed E-state index contributed by atoms with van der Waals surface area (Å²) in [5.41, 5.74) is 13.4. The molecule has 0 spiro atoms. The van der Waals surface area contributed by atoms with Crippen molar-refractivity contribution in [3.8, 4) is 33.4 Å². The van der Waals surface area contributed by atoms with Gasteiger partial charge in [0.15, 0.2) is 0 Å². The quantitative estimate of drug-likeness (QED) is 0.173. The first kappa shape index (κ1) is 31.2. The maximum Gasteiger partial charge on any atom is 0.143 e. The Hall–Kier alpha value is -7.36. The number of hydrogen-bond acceptors (Lipinski definition) is 3. The Balaban J connectivity index is 1.16. The van der Waals surface area contributed by atoms with Gasteiger partial charge in [-0.3, -0.25) is 0 Å². The summed E-state index contributed by atoms with van der Waals surface area (Å²) >= 11 is 0. The Bertz CT molecular complexity index is 3220. The number of rotatable bonds is 6. The molecule has 55 heavy (non-hydrogen) atoms. The molecule has 0 fully saturated rings. The van der Waals surface area contributed by atoms with Crippen LogP contribution in [-0.4, -0.2) is 0 Å². The topological polar surface area (TPSA) is 29.5 Å². The van der Waals surface area contributed by atoms with Crippen molar-refractivity contribution < 1.29 is 8.83 Å². The van der Waals surface area contributed by atoms with Gasteiger partial charge in [-0.2, -0.15) is 0 Å². The van der Waals surface area contributed by atoms with Gasteiger partial charge in [0, 0.05) is 50.1 Å². The smallest absolute Gasteiger partial charge is 0.143 e. The van der Waals surface area contributed by atoms with E-state index in [1.54, 1.807) is 0 Å². The highest BCUT2D eigenvalue weighted by Gasteiger charge is 2.22. The van der Waals surface area contributed by atoms with Crippen LogP contribution in [-0.2, 0) is 0 Å². The molecule has 0 aliphatic rings. The zero-order valence-corrected chi connectivity index (χ0v) is 29.8. The van der Waals surface area contributed by atoms with E-state index in [9.17, 15) is 0 Å². The molecule has 2 heterocycles. The minimum absolute atomic E-state index is 0.848. The highest BCUT2D eigenvalue weighted by Crippen LogP contribution is 2.46. The van der Waals surface area contributed by atoms with Crippen molar-refractivity contribution in [2.24, 2.45) is 0 Å². The van der Waals surface area contributed by atoms with Crippen molar-refractivity contribution in [2.45, 2.75) is 0 Å². The third-order valence-corrected chi connectivity index (χ3v) is 10.9. The average molecular weight is 704 g/mol. The van der Waals surface area contributed by atoms with Gasteiger partial charge in [-0.15, -0.1) is 0 Å². The number of benzene rings is 9. The number of furan rings is 2. The van der Waals surface area contributed by atoms with Crippen molar-refractivity contribution in [3.63, 3.8) is 0 Å². The number of fused-ring (bicyclic) bond motifs is 7. The summed E-state index contributed by atoms with van der Waals surface area (Å²) in [5.74, 6) is 0. The van der Waals surface area contributed by atoms with E-state index in [1.807, 2.05) is 24.3 Å². The van der Waals surface area contributed by atoms with Crippen LogP contribution >= 0.6 is 0 Å². The highest BCUT2D eigenvalue weighted by molar-refractivity contribution is 6.11. The predicted octanol–water partition coefficient (Wildman–Crippen LogP) is 15.1. The van der Waals surface area contributed by atoms with Crippen LogP contribution in [0.4, 0.5) is 17.1 Å². The molecule has 0 amide bonds. The van der Waals surface area contributed by atoms with Crippen molar-refractivity contribution in [3.05, 3.63) is 200 Å². The fourth-order valence-electron chi connectivity index (χ4n) is 8.39. The van der Waals surface area contributed by atoms with Crippen molar-refractivity contribution in [1.82, 2.24) is 0 Å². The van der Waals surface area contributed by atoms with Crippen LogP contribution in [0, 0.1) is 0 Å². The lowest BCUT2D eigenvalue weighted by Crippen LogP contribution is -2.11. The van der Waals surface area contributed by atoms with E-state index in [0.29, 0.717) is 0 Å². The van der Waals surface area contributed by atoms with Crippen LogP contribution in [0.3, 0.4) is 0 Å². The molecular weight excluding hydrogens is 671 g/mol. The van der Waals surface area contributed by atoms with Gasteiger partial charge < -0.3 is 13.7 Å². The molecule has 11 rings (SSSR count). The van der Waals surface area contributed by atoms with Gasteiger partial charge in [-0.05, 0) is 75.5 Å². The van der Waals surface area contributed by atoms with Gasteiger partial charge in [0.05, 0.1) is 5.69 Å². The van der Waals surface area contributed by atoms with E-state index in [0.717, 1.165) is 77.6 Å². The van der Waals surface area contributed by atoms with Crippen LogP contribution in [0.2, 0.25) is 0 Å². The first-order chi connectivity index (χ1) is 27.3. The Kier molecular flexibility index (Phi) is 7.17. The van der Waals surface area contributed by atoms with Gasteiger partial charge in [-0.1, -0.05) is 152 Å². The number of hydrogen-bond donors (Lipinski definition) is 0. The van der Waals surface area contributed by atoms with E-state index in [4.69, 9.17) is 8.83 Å². The maximum atomic E-state index is 6.52. The Labute approximate surface area is 317 Å². The highest BCUT2D eigenvalue weighted by atomic mass is 16.3. The molecule has 0 saturated carbocycles. The Morgan fingerprint density at radius 3 is 1.76 bits per heavy atom. The Morgan fingerprint density at radius 2 is 0.909 bits per heavy atom. The normalized spacial score (nSPS) is 11.6. The standard InChI is InChI=1S/C52H33NO2/c1-2-14-34(15-3-1)39-23-11-16-35-17-12-25-45(51(35)39)41-20-4-7-27-47(41)53(38-30-31-44-42-21-5-8-28-48(42)54-50(44)33-38)37-19-10-18-36(32-37)40-24-13-26-46-43-22-6-9-29-49(43)55-52(40)46/h1-33H. The third kappa shape index (κ3) is 5.13. The first-order valence-electron chi connectivity index (χ1n) is 18.7. The second-order valence-corrected chi connectivity index (χ2v) is 14.0. The molecule has 0 aliphatic heterocycles. The van der Waals surface area contributed by atoms with Gasteiger partial charge in [0.2, 0.25) is 0 Å². The molecule has 0 atom stereocenters. The fraction of sp³-hybridized carbons (Fsp3) is 0. The molecule has 0 aliphatic carbocycles. The largest absolute Gasteiger partial charge is 0.456 e. The summed E-state index contributed by atoms with van der Waals surface area (Å²) in [6.07, 6.45) is 0. The monoisotopic (exact) mass is 703 g/mol. The van der Waals surface area contributed by atoms with Gasteiger partial charge in [0.25, 0.3) is 0 Å². The summed E-state index contributed by atoms with van der Waals surface area (Å²) < 4.78 is 13.0. The molecule has 0 saturated heterocycles. The van der Waals surface area contributed by atoms with Gasteiger partial charge >= 0.3 is 0 Å². The molecule has 3 nitrogen and oxygen atoms in total. The van der Waals surface area contributed by atoms with Crippen LogP contribution < -0.4 is 4.90 Å². The van der Waals surface area contributed by atoms with Crippen molar-refractivity contribution in [2.75, 3.05) is 4.90 Å². The molecule has 2 aromatic heterocycles. The van der Waals surface area contributed by atoms with E-state index >= 15 is 0 Å². The zero-order chi connectivity index (χ0) is 36.3. The summed E-state index contributed by atoms with van der Waals surface area (Å²) in [4.78, 5) is 2.37. The predicted molar refractivity (Wildman–Crippen MR) is 229 cm³/mol. The number of nitrogens with zero attached hydrogens (tertiary/aromatic N) is 1. The van der Waals surface area contributed by atoms with E-state index in [1.165, 1.54) is 27.5 Å². The second kappa shape index (κ2) is 12.6. The second-order valence-electron chi connectivity index (χ2n) is 14.0. The molecule has 258 valence electrons. The lowest BCUT2D eigenvalue weighted by Gasteiger charge is -2.29.